The highest BCUT2D eigenvalue weighted by atomic mass is 32.2. The van der Waals surface area contributed by atoms with Crippen LogP contribution in [0, 0.1) is 6.92 Å². The van der Waals surface area contributed by atoms with Crippen LogP contribution in [0.25, 0.3) is 5.65 Å². The highest BCUT2D eigenvalue weighted by molar-refractivity contribution is 8.00. The van der Waals surface area contributed by atoms with Crippen molar-refractivity contribution in [3.63, 3.8) is 0 Å². The number of rotatable bonds is 8. The molecule has 0 aliphatic rings. The monoisotopic (exact) mass is 438 g/mol. The molecule has 0 saturated carbocycles. The maximum absolute atomic E-state index is 12.8. The number of nitrogens with zero attached hydrogens (tertiary/aromatic N) is 5. The second kappa shape index (κ2) is 8.51. The molecular weight excluding hydrogens is 416 g/mol. The van der Waals surface area contributed by atoms with Crippen LogP contribution < -0.4 is 5.32 Å². The van der Waals surface area contributed by atoms with Gasteiger partial charge in [-0.05, 0) is 26.0 Å². The van der Waals surface area contributed by atoms with Crippen molar-refractivity contribution in [2.24, 2.45) is 0 Å². The molecular formula is C17H22N6O4S2. The zero-order valence-electron chi connectivity index (χ0n) is 16.5. The van der Waals surface area contributed by atoms with E-state index in [0.29, 0.717) is 35.5 Å². The van der Waals surface area contributed by atoms with Gasteiger partial charge in [-0.2, -0.15) is 4.31 Å². The van der Waals surface area contributed by atoms with Crippen LogP contribution in [0.1, 0.15) is 26.5 Å². The van der Waals surface area contributed by atoms with Gasteiger partial charge in [0.05, 0.1) is 10.1 Å². The molecule has 1 N–H and O–H groups in total. The number of amides is 1. The normalized spacial score (nSPS) is 13.1. The van der Waals surface area contributed by atoms with Crippen molar-refractivity contribution in [1.29, 1.82) is 0 Å². The summed E-state index contributed by atoms with van der Waals surface area (Å²) in [5.41, 5.74) is 0.491. The number of nitrogens with one attached hydrogen (secondary N) is 1. The largest absolute Gasteiger partial charge is 0.360 e. The van der Waals surface area contributed by atoms with E-state index in [0.717, 1.165) is 11.8 Å². The van der Waals surface area contributed by atoms with E-state index in [1.165, 1.54) is 16.6 Å². The van der Waals surface area contributed by atoms with E-state index in [9.17, 15) is 13.2 Å². The van der Waals surface area contributed by atoms with Crippen molar-refractivity contribution in [1.82, 2.24) is 24.1 Å². The average Bonchev–Trinajstić information content (AvgIpc) is 3.28. The van der Waals surface area contributed by atoms with Crippen molar-refractivity contribution in [2.75, 3.05) is 18.4 Å². The predicted octanol–water partition coefficient (Wildman–Crippen LogP) is 2.18. The van der Waals surface area contributed by atoms with E-state index in [-0.39, 0.29) is 10.8 Å². The number of anilines is 1. The van der Waals surface area contributed by atoms with Gasteiger partial charge in [-0.1, -0.05) is 30.8 Å². The summed E-state index contributed by atoms with van der Waals surface area (Å²) in [5.74, 6) is 0.636. The fourth-order valence-corrected chi connectivity index (χ4v) is 4.95. The third-order valence-corrected chi connectivity index (χ3v) is 7.31. The Balaban J connectivity index is 1.83. The molecule has 3 rings (SSSR count). The smallest absolute Gasteiger partial charge is 0.244 e. The average molecular weight is 439 g/mol. The Morgan fingerprint density at radius 2 is 2.03 bits per heavy atom. The van der Waals surface area contributed by atoms with E-state index < -0.39 is 15.3 Å². The van der Waals surface area contributed by atoms with Gasteiger partial charge in [0.15, 0.2) is 16.6 Å². The summed E-state index contributed by atoms with van der Waals surface area (Å²) in [4.78, 5) is 12.5. The van der Waals surface area contributed by atoms with Crippen LogP contribution in [0.3, 0.4) is 0 Å². The molecule has 0 aromatic carbocycles. The number of aryl methyl sites for hydroxylation is 1. The molecule has 0 aliphatic carbocycles. The van der Waals surface area contributed by atoms with Crippen LogP contribution in [-0.2, 0) is 14.8 Å². The highest BCUT2D eigenvalue weighted by Crippen LogP contribution is 2.25. The molecule has 0 aliphatic heterocycles. The number of fused-ring (bicyclic) bond motifs is 1. The maximum atomic E-state index is 12.8. The summed E-state index contributed by atoms with van der Waals surface area (Å²) in [6, 6.07) is 4.72. The Morgan fingerprint density at radius 1 is 1.31 bits per heavy atom. The van der Waals surface area contributed by atoms with E-state index in [4.69, 9.17) is 4.52 Å². The molecule has 0 bridgehead atoms. The molecule has 3 aromatic heterocycles. The molecule has 0 radical (unpaired) electrons. The van der Waals surface area contributed by atoms with Crippen molar-refractivity contribution in [2.45, 2.75) is 43.0 Å². The Labute approximate surface area is 172 Å². The molecule has 1 unspecified atom stereocenters. The Bertz CT molecular complexity index is 1120. The fraction of sp³-hybridized carbons (Fsp3) is 0.412. The number of sulfonamides is 1. The minimum Gasteiger partial charge on any atom is -0.360 e. The molecule has 29 heavy (non-hydrogen) atoms. The first-order valence-corrected chi connectivity index (χ1v) is 11.3. The van der Waals surface area contributed by atoms with Crippen LogP contribution in [0.15, 0.2) is 39.0 Å². The van der Waals surface area contributed by atoms with Crippen LogP contribution in [0.4, 0.5) is 5.82 Å². The lowest BCUT2D eigenvalue weighted by Gasteiger charge is -2.18. The van der Waals surface area contributed by atoms with Crippen LogP contribution in [-0.4, -0.2) is 56.7 Å². The van der Waals surface area contributed by atoms with Crippen LogP contribution in [0.5, 0.6) is 0 Å². The summed E-state index contributed by atoms with van der Waals surface area (Å²) < 4.78 is 33.5. The topological polar surface area (TPSA) is 123 Å². The molecule has 0 fully saturated rings. The number of hydrogen-bond donors (Lipinski definition) is 1. The third kappa shape index (κ3) is 4.43. The van der Waals surface area contributed by atoms with E-state index >= 15 is 0 Å². The number of hydrogen-bond acceptors (Lipinski definition) is 8. The summed E-state index contributed by atoms with van der Waals surface area (Å²) in [5, 5.41) is 14.4. The summed E-state index contributed by atoms with van der Waals surface area (Å²) in [6.45, 7) is 7.77. The van der Waals surface area contributed by atoms with Gasteiger partial charge >= 0.3 is 0 Å². The summed E-state index contributed by atoms with van der Waals surface area (Å²) in [7, 11) is -3.62. The van der Waals surface area contributed by atoms with Gasteiger partial charge in [-0.25, -0.2) is 8.42 Å². The van der Waals surface area contributed by atoms with E-state index in [1.807, 2.05) is 0 Å². The fourth-order valence-electron chi connectivity index (χ4n) is 2.66. The Hall–Kier alpha value is -2.44. The van der Waals surface area contributed by atoms with Gasteiger partial charge in [0.25, 0.3) is 0 Å². The van der Waals surface area contributed by atoms with Gasteiger partial charge in [0, 0.05) is 25.4 Å². The maximum Gasteiger partial charge on any atom is 0.244 e. The molecule has 156 valence electrons. The minimum absolute atomic E-state index is 0.144. The van der Waals surface area contributed by atoms with Gasteiger partial charge in [0.1, 0.15) is 5.76 Å². The van der Waals surface area contributed by atoms with Crippen molar-refractivity contribution in [3.05, 3.63) is 30.2 Å². The Kier molecular flexibility index (Phi) is 6.24. The quantitative estimate of drug-likeness (QED) is 0.531. The van der Waals surface area contributed by atoms with Crippen molar-refractivity contribution >= 4 is 39.2 Å². The van der Waals surface area contributed by atoms with Gasteiger partial charge < -0.3 is 9.84 Å². The van der Waals surface area contributed by atoms with E-state index in [1.54, 1.807) is 44.2 Å². The van der Waals surface area contributed by atoms with Crippen LogP contribution in [0.2, 0.25) is 0 Å². The second-order valence-electron chi connectivity index (χ2n) is 6.24. The first-order valence-electron chi connectivity index (χ1n) is 9.02. The molecule has 3 heterocycles. The number of pyridine rings is 1. The summed E-state index contributed by atoms with van der Waals surface area (Å²) >= 11 is 1.16. The lowest BCUT2D eigenvalue weighted by molar-refractivity contribution is -0.115. The molecule has 10 nitrogen and oxygen atoms in total. The number of thioether (sulfide) groups is 1. The van der Waals surface area contributed by atoms with Gasteiger partial charge in [-0.15, -0.1) is 10.2 Å². The SMILES string of the molecule is CCN(CC)S(=O)(=O)c1ccc2nnc(SC(C)C(=O)Nc3cc(C)on3)n2c1. The lowest BCUT2D eigenvalue weighted by atomic mass is 10.4. The highest BCUT2D eigenvalue weighted by Gasteiger charge is 2.24. The van der Waals surface area contributed by atoms with Crippen LogP contribution >= 0.6 is 11.8 Å². The zero-order chi connectivity index (χ0) is 21.2. The minimum atomic E-state index is -3.62. The Morgan fingerprint density at radius 3 is 2.66 bits per heavy atom. The van der Waals surface area contributed by atoms with Crippen molar-refractivity contribution in [3.8, 4) is 0 Å². The van der Waals surface area contributed by atoms with Gasteiger partial charge in [-0.3, -0.25) is 9.20 Å². The van der Waals surface area contributed by atoms with Crippen molar-refractivity contribution < 1.29 is 17.7 Å². The number of carbonyl (C=O) groups is 1. The lowest BCUT2D eigenvalue weighted by Crippen LogP contribution is -2.30. The molecule has 1 atom stereocenters. The zero-order valence-corrected chi connectivity index (χ0v) is 18.1. The standard InChI is InChI=1S/C17H22N6O4S2/c1-5-22(6-2)29(25,26)13-7-8-15-19-20-17(23(15)10-13)28-12(4)16(24)18-14-9-11(3)27-21-14/h7-10,12H,5-6H2,1-4H3,(H,18,21,24). The first kappa shape index (κ1) is 21.3. The van der Waals surface area contributed by atoms with E-state index in [2.05, 4.69) is 20.7 Å². The third-order valence-electron chi connectivity index (χ3n) is 4.22. The molecule has 12 heteroatoms. The van der Waals surface area contributed by atoms with Gasteiger partial charge in [0.2, 0.25) is 15.9 Å². The molecule has 1 amide bonds. The second-order valence-corrected chi connectivity index (χ2v) is 9.48. The molecule has 0 saturated heterocycles. The first-order chi connectivity index (χ1) is 13.8. The molecule has 0 spiro atoms. The number of aromatic nitrogens is 4. The number of carbonyl (C=O) groups excluding carboxylic acids is 1. The predicted molar refractivity (Wildman–Crippen MR) is 108 cm³/mol. The molecule has 3 aromatic rings. The summed E-state index contributed by atoms with van der Waals surface area (Å²) in [6.07, 6.45) is 1.48.